The number of rotatable bonds is 5. The molecule has 1 aromatic heterocycles. The van der Waals surface area contributed by atoms with E-state index >= 15 is 0 Å². The molecule has 0 amide bonds. The maximum atomic E-state index is 12.6. The van der Waals surface area contributed by atoms with Crippen LogP contribution in [0.25, 0.3) is 0 Å². The van der Waals surface area contributed by atoms with E-state index in [9.17, 15) is 9.59 Å². The van der Waals surface area contributed by atoms with Crippen molar-refractivity contribution >= 4 is 17.3 Å². The quantitative estimate of drug-likeness (QED) is 0.717. The standard InChI is InChI=1S/C20H19N3O4/c1-12-7-8-16(13(2)9-12)27-17-11-21-23(3)19(24)18(17)22-15-6-4-5-14(10-15)20(25)26/h4-11,22H,1-3H3,(H,25,26). The van der Waals surface area contributed by atoms with Crippen molar-refractivity contribution in [2.24, 2.45) is 7.05 Å². The van der Waals surface area contributed by atoms with Gasteiger partial charge in [0.1, 0.15) is 5.75 Å². The molecule has 7 nitrogen and oxygen atoms in total. The smallest absolute Gasteiger partial charge is 0.335 e. The van der Waals surface area contributed by atoms with Crippen LogP contribution in [0.4, 0.5) is 11.4 Å². The lowest BCUT2D eigenvalue weighted by molar-refractivity contribution is 0.0697. The molecule has 0 atom stereocenters. The summed E-state index contributed by atoms with van der Waals surface area (Å²) in [5, 5.41) is 16.1. The number of hydrogen-bond acceptors (Lipinski definition) is 5. The number of anilines is 2. The molecule has 27 heavy (non-hydrogen) atoms. The van der Waals surface area contributed by atoms with Crippen LogP contribution in [0.1, 0.15) is 21.5 Å². The molecule has 0 bridgehead atoms. The van der Waals surface area contributed by atoms with Gasteiger partial charge in [-0.25, -0.2) is 9.48 Å². The highest BCUT2D eigenvalue weighted by Crippen LogP contribution is 2.30. The van der Waals surface area contributed by atoms with E-state index in [0.29, 0.717) is 11.4 Å². The minimum atomic E-state index is -1.05. The number of hydrogen-bond donors (Lipinski definition) is 2. The van der Waals surface area contributed by atoms with Crippen LogP contribution in [0.5, 0.6) is 11.5 Å². The molecule has 0 fully saturated rings. The lowest BCUT2D eigenvalue weighted by atomic mass is 10.1. The second kappa shape index (κ2) is 7.33. The molecular weight excluding hydrogens is 346 g/mol. The number of carbonyl (C=O) groups is 1. The van der Waals surface area contributed by atoms with Crippen LogP contribution >= 0.6 is 0 Å². The molecule has 0 aliphatic heterocycles. The molecule has 3 aromatic rings. The van der Waals surface area contributed by atoms with Crippen molar-refractivity contribution in [3.8, 4) is 11.5 Å². The van der Waals surface area contributed by atoms with E-state index in [-0.39, 0.29) is 17.0 Å². The first kappa shape index (κ1) is 18.2. The van der Waals surface area contributed by atoms with Gasteiger partial charge in [0.2, 0.25) is 0 Å². The van der Waals surface area contributed by atoms with E-state index in [1.54, 1.807) is 12.1 Å². The van der Waals surface area contributed by atoms with Gasteiger partial charge in [-0.05, 0) is 43.7 Å². The molecule has 0 spiro atoms. The van der Waals surface area contributed by atoms with Gasteiger partial charge in [-0.15, -0.1) is 0 Å². The molecule has 2 aromatic carbocycles. The Morgan fingerprint density at radius 3 is 2.63 bits per heavy atom. The Hall–Kier alpha value is -3.61. The van der Waals surface area contributed by atoms with Crippen LogP contribution in [-0.2, 0) is 7.05 Å². The summed E-state index contributed by atoms with van der Waals surface area (Å²) in [6.45, 7) is 3.90. The molecule has 0 saturated carbocycles. The van der Waals surface area contributed by atoms with E-state index in [1.807, 2.05) is 32.0 Å². The Kier molecular flexibility index (Phi) is 4.94. The van der Waals surface area contributed by atoms with Gasteiger partial charge in [-0.2, -0.15) is 5.10 Å². The Morgan fingerprint density at radius 1 is 1.15 bits per heavy atom. The molecule has 138 valence electrons. The van der Waals surface area contributed by atoms with Crippen molar-refractivity contribution in [1.82, 2.24) is 9.78 Å². The van der Waals surface area contributed by atoms with Crippen LogP contribution in [0.3, 0.4) is 0 Å². The van der Waals surface area contributed by atoms with Gasteiger partial charge in [-0.3, -0.25) is 4.79 Å². The van der Waals surface area contributed by atoms with Gasteiger partial charge < -0.3 is 15.2 Å². The van der Waals surface area contributed by atoms with Gasteiger partial charge in [0.05, 0.1) is 11.8 Å². The van der Waals surface area contributed by atoms with Crippen molar-refractivity contribution < 1.29 is 14.6 Å². The van der Waals surface area contributed by atoms with Crippen molar-refractivity contribution in [3.05, 3.63) is 75.7 Å². The third-order valence-electron chi connectivity index (χ3n) is 4.03. The molecule has 0 unspecified atom stereocenters. The predicted molar refractivity (Wildman–Crippen MR) is 102 cm³/mol. The summed E-state index contributed by atoms with van der Waals surface area (Å²) in [5.74, 6) is -0.184. The fourth-order valence-corrected chi connectivity index (χ4v) is 2.62. The summed E-state index contributed by atoms with van der Waals surface area (Å²) in [4.78, 5) is 23.8. The molecule has 3 rings (SSSR count). The molecule has 2 N–H and O–H groups in total. The zero-order chi connectivity index (χ0) is 19.6. The van der Waals surface area contributed by atoms with Crippen LogP contribution in [0.15, 0.2) is 53.5 Å². The average Bonchev–Trinajstić information content (AvgIpc) is 2.63. The van der Waals surface area contributed by atoms with Gasteiger partial charge in [-0.1, -0.05) is 23.8 Å². The molecular formula is C20H19N3O4. The number of benzene rings is 2. The second-order valence-corrected chi connectivity index (χ2v) is 6.19. The van der Waals surface area contributed by atoms with Gasteiger partial charge >= 0.3 is 5.97 Å². The Bertz CT molecular complexity index is 1070. The average molecular weight is 365 g/mol. The topological polar surface area (TPSA) is 93.5 Å². The van der Waals surface area contributed by atoms with Gasteiger partial charge in [0.25, 0.3) is 5.56 Å². The normalized spacial score (nSPS) is 10.5. The van der Waals surface area contributed by atoms with E-state index in [1.165, 1.54) is 30.1 Å². The highest BCUT2D eigenvalue weighted by atomic mass is 16.5. The number of aromatic nitrogens is 2. The molecule has 0 aliphatic rings. The molecule has 7 heteroatoms. The zero-order valence-corrected chi connectivity index (χ0v) is 15.2. The Morgan fingerprint density at radius 2 is 1.93 bits per heavy atom. The maximum absolute atomic E-state index is 12.6. The zero-order valence-electron chi connectivity index (χ0n) is 15.2. The van der Waals surface area contributed by atoms with E-state index in [2.05, 4.69) is 10.4 Å². The first-order valence-electron chi connectivity index (χ1n) is 8.27. The third kappa shape index (κ3) is 3.98. The highest BCUT2D eigenvalue weighted by molar-refractivity contribution is 5.89. The van der Waals surface area contributed by atoms with Crippen molar-refractivity contribution in [2.75, 3.05) is 5.32 Å². The van der Waals surface area contributed by atoms with Crippen molar-refractivity contribution in [2.45, 2.75) is 13.8 Å². The molecule has 0 saturated heterocycles. The Labute approximate surface area is 155 Å². The SMILES string of the molecule is Cc1ccc(Oc2cnn(C)c(=O)c2Nc2cccc(C(=O)O)c2)c(C)c1. The maximum Gasteiger partial charge on any atom is 0.335 e. The van der Waals surface area contributed by atoms with E-state index in [0.717, 1.165) is 11.1 Å². The number of aryl methyl sites for hydroxylation is 3. The number of nitrogens with zero attached hydrogens (tertiary/aromatic N) is 2. The van der Waals surface area contributed by atoms with Crippen LogP contribution in [0, 0.1) is 13.8 Å². The monoisotopic (exact) mass is 365 g/mol. The summed E-state index contributed by atoms with van der Waals surface area (Å²) in [6, 6.07) is 11.9. The summed E-state index contributed by atoms with van der Waals surface area (Å²) in [6.07, 6.45) is 1.45. The second-order valence-electron chi connectivity index (χ2n) is 6.19. The first-order valence-corrected chi connectivity index (χ1v) is 8.27. The number of nitrogens with one attached hydrogen (secondary N) is 1. The number of carboxylic acid groups (broad SMARTS) is 1. The summed E-state index contributed by atoms with van der Waals surface area (Å²) >= 11 is 0. The van der Waals surface area contributed by atoms with Crippen LogP contribution in [-0.4, -0.2) is 20.9 Å². The molecule has 1 heterocycles. The minimum absolute atomic E-state index is 0.114. The van der Waals surface area contributed by atoms with Gasteiger partial charge in [0, 0.05) is 12.7 Å². The van der Waals surface area contributed by atoms with E-state index < -0.39 is 11.5 Å². The van der Waals surface area contributed by atoms with Gasteiger partial charge in [0.15, 0.2) is 11.4 Å². The lowest BCUT2D eigenvalue weighted by Crippen LogP contribution is -2.22. The molecule has 0 aliphatic carbocycles. The largest absolute Gasteiger partial charge is 0.478 e. The van der Waals surface area contributed by atoms with Crippen molar-refractivity contribution in [3.63, 3.8) is 0 Å². The summed E-state index contributed by atoms with van der Waals surface area (Å²) in [5.41, 5.74) is 2.39. The van der Waals surface area contributed by atoms with E-state index in [4.69, 9.17) is 9.84 Å². The molecule has 0 radical (unpaired) electrons. The minimum Gasteiger partial charge on any atom is -0.478 e. The third-order valence-corrected chi connectivity index (χ3v) is 4.03. The number of aromatic carboxylic acids is 1. The highest BCUT2D eigenvalue weighted by Gasteiger charge is 2.14. The summed E-state index contributed by atoms with van der Waals surface area (Å²) < 4.78 is 7.11. The van der Waals surface area contributed by atoms with Crippen molar-refractivity contribution in [1.29, 1.82) is 0 Å². The number of carboxylic acids is 1. The fraction of sp³-hybridized carbons (Fsp3) is 0.150. The summed E-state index contributed by atoms with van der Waals surface area (Å²) in [7, 11) is 1.53. The fourth-order valence-electron chi connectivity index (χ4n) is 2.62. The van der Waals surface area contributed by atoms with Crippen LogP contribution in [0.2, 0.25) is 0 Å². The number of ether oxygens (including phenoxy) is 1. The first-order chi connectivity index (χ1) is 12.8. The lowest BCUT2D eigenvalue weighted by Gasteiger charge is -2.14. The van der Waals surface area contributed by atoms with Crippen LogP contribution < -0.4 is 15.6 Å². The Balaban J connectivity index is 2.01. The predicted octanol–water partition coefficient (Wildman–Crippen LogP) is 3.63.